The fraction of sp³-hybridized carbons (Fsp3) is 0.375. The molecule has 17 heavy (non-hydrogen) atoms. The minimum atomic E-state index is 0.245. The molecule has 2 unspecified atom stereocenters. The molecule has 2 aliphatic rings. The number of allylic oxidation sites excluding steroid dienone is 3. The molecule has 2 atom stereocenters. The maximum Gasteiger partial charge on any atom is 0.0381 e. The van der Waals surface area contributed by atoms with E-state index >= 15 is 0 Å². The first-order chi connectivity index (χ1) is 8.05. The molecule has 0 saturated carbocycles. The predicted octanol–water partition coefficient (Wildman–Crippen LogP) is 4.67. The Balaban J connectivity index is 2.03. The molecule has 1 heteroatoms. The zero-order chi connectivity index (χ0) is 12.0. The predicted molar refractivity (Wildman–Crippen MR) is 75.8 cm³/mol. The number of fused-ring (bicyclic) bond motifs is 3. The molecule has 0 spiro atoms. The first-order valence-electron chi connectivity index (χ1n) is 6.22. The van der Waals surface area contributed by atoms with Gasteiger partial charge in [0.15, 0.2) is 0 Å². The lowest BCUT2D eigenvalue weighted by Gasteiger charge is -2.20. The van der Waals surface area contributed by atoms with Crippen molar-refractivity contribution in [3.05, 3.63) is 53.6 Å². The fourth-order valence-electron chi connectivity index (χ4n) is 2.50. The number of thioether (sulfide) groups is 1. The van der Waals surface area contributed by atoms with Crippen molar-refractivity contribution in [1.29, 1.82) is 0 Å². The van der Waals surface area contributed by atoms with Gasteiger partial charge in [-0.2, -0.15) is 0 Å². The number of benzene rings is 1. The van der Waals surface area contributed by atoms with Crippen LogP contribution in [-0.2, 0) is 5.41 Å². The summed E-state index contributed by atoms with van der Waals surface area (Å²) in [5, 5.41) is 0.616. The van der Waals surface area contributed by atoms with Crippen LogP contribution < -0.4 is 0 Å². The highest BCUT2D eigenvalue weighted by atomic mass is 32.2. The second-order valence-corrected chi connectivity index (χ2v) is 7.10. The van der Waals surface area contributed by atoms with Crippen LogP contribution in [0.15, 0.2) is 47.4 Å². The third-order valence-corrected chi connectivity index (χ3v) is 4.92. The molecule has 1 aliphatic carbocycles. The van der Waals surface area contributed by atoms with Gasteiger partial charge in [-0.25, -0.2) is 0 Å². The fourth-order valence-corrected chi connectivity index (χ4v) is 3.89. The molecule has 0 bridgehead atoms. The Morgan fingerprint density at radius 1 is 1.06 bits per heavy atom. The molecule has 0 aromatic heterocycles. The van der Waals surface area contributed by atoms with E-state index in [0.717, 1.165) is 0 Å². The van der Waals surface area contributed by atoms with Gasteiger partial charge >= 0.3 is 0 Å². The van der Waals surface area contributed by atoms with Gasteiger partial charge in [-0.15, -0.1) is 11.8 Å². The van der Waals surface area contributed by atoms with Gasteiger partial charge in [0.05, 0.1) is 0 Å². The highest BCUT2D eigenvalue weighted by Crippen LogP contribution is 2.48. The Labute approximate surface area is 108 Å². The summed E-state index contributed by atoms with van der Waals surface area (Å²) in [5.74, 6) is 0.592. The Bertz CT molecular complexity index is 503. The van der Waals surface area contributed by atoms with Crippen molar-refractivity contribution >= 4 is 11.8 Å². The maximum atomic E-state index is 2.39. The molecule has 0 N–H and O–H groups in total. The van der Waals surface area contributed by atoms with Gasteiger partial charge in [0.2, 0.25) is 0 Å². The van der Waals surface area contributed by atoms with Crippen LogP contribution in [0.1, 0.15) is 37.8 Å². The molecule has 88 valence electrons. The zero-order valence-electron chi connectivity index (χ0n) is 10.6. The highest BCUT2D eigenvalue weighted by molar-refractivity contribution is 8.00. The van der Waals surface area contributed by atoms with Crippen LogP contribution in [0.2, 0.25) is 0 Å². The maximum absolute atomic E-state index is 2.39. The van der Waals surface area contributed by atoms with E-state index in [4.69, 9.17) is 0 Å². The van der Waals surface area contributed by atoms with Crippen molar-refractivity contribution < 1.29 is 0 Å². The van der Waals surface area contributed by atoms with Gasteiger partial charge in [-0.3, -0.25) is 0 Å². The van der Waals surface area contributed by atoms with E-state index in [-0.39, 0.29) is 5.41 Å². The van der Waals surface area contributed by atoms with E-state index in [1.54, 1.807) is 0 Å². The molecule has 1 heterocycles. The summed E-state index contributed by atoms with van der Waals surface area (Å²) in [6, 6.07) is 7.02. The third kappa shape index (κ3) is 1.87. The van der Waals surface area contributed by atoms with Crippen LogP contribution in [0.5, 0.6) is 0 Å². The molecule has 0 nitrogen and oxygen atoms in total. The topological polar surface area (TPSA) is 0 Å². The van der Waals surface area contributed by atoms with E-state index < -0.39 is 0 Å². The lowest BCUT2D eigenvalue weighted by atomic mass is 9.84. The lowest BCUT2D eigenvalue weighted by Crippen LogP contribution is -2.11. The summed E-state index contributed by atoms with van der Waals surface area (Å²) in [6.07, 6.45) is 9.01. The molecule has 1 aromatic rings. The van der Waals surface area contributed by atoms with Gasteiger partial charge in [0.25, 0.3) is 0 Å². The Hall–Kier alpha value is -0.950. The first-order valence-corrected chi connectivity index (χ1v) is 7.10. The molecule has 0 fully saturated rings. The number of hydrogen-bond acceptors (Lipinski definition) is 1. The summed E-state index contributed by atoms with van der Waals surface area (Å²) in [4.78, 5) is 1.48. The van der Waals surface area contributed by atoms with Crippen molar-refractivity contribution in [3.63, 3.8) is 0 Å². The average Bonchev–Trinajstić information content (AvgIpc) is 2.65. The summed E-state index contributed by atoms with van der Waals surface area (Å²) >= 11 is 2.01. The van der Waals surface area contributed by atoms with Crippen LogP contribution in [0, 0.1) is 0 Å². The van der Waals surface area contributed by atoms with Crippen LogP contribution in [-0.4, -0.2) is 5.25 Å². The molecule has 1 aliphatic heterocycles. The average molecular weight is 242 g/mol. The zero-order valence-corrected chi connectivity index (χ0v) is 11.4. The second-order valence-electron chi connectivity index (χ2n) is 5.88. The smallest absolute Gasteiger partial charge is 0.0381 e. The van der Waals surface area contributed by atoms with Crippen LogP contribution in [0.3, 0.4) is 0 Å². The van der Waals surface area contributed by atoms with Crippen molar-refractivity contribution in [2.24, 2.45) is 0 Å². The van der Waals surface area contributed by atoms with Crippen LogP contribution in [0.4, 0.5) is 0 Å². The van der Waals surface area contributed by atoms with E-state index in [9.17, 15) is 0 Å². The Morgan fingerprint density at radius 2 is 1.82 bits per heavy atom. The van der Waals surface area contributed by atoms with E-state index in [2.05, 4.69) is 63.3 Å². The molecule has 0 radical (unpaired) electrons. The van der Waals surface area contributed by atoms with E-state index in [1.807, 2.05) is 11.8 Å². The van der Waals surface area contributed by atoms with E-state index in [1.165, 1.54) is 16.0 Å². The Kier molecular flexibility index (Phi) is 2.48. The van der Waals surface area contributed by atoms with Crippen LogP contribution in [0.25, 0.3) is 0 Å². The number of rotatable bonds is 0. The second kappa shape index (κ2) is 3.78. The normalized spacial score (nSPS) is 25.8. The Morgan fingerprint density at radius 3 is 2.59 bits per heavy atom. The molecule has 0 saturated heterocycles. The van der Waals surface area contributed by atoms with Crippen molar-refractivity contribution in [1.82, 2.24) is 0 Å². The highest BCUT2D eigenvalue weighted by Gasteiger charge is 2.31. The summed E-state index contributed by atoms with van der Waals surface area (Å²) in [5.41, 5.74) is 3.19. The van der Waals surface area contributed by atoms with Crippen molar-refractivity contribution in [2.45, 2.75) is 42.2 Å². The minimum absolute atomic E-state index is 0.245. The SMILES string of the molecule is CC(C)(C)c1ccc2c(c1)SC1C=CC=CC21. The molecule has 1 aromatic carbocycles. The van der Waals surface area contributed by atoms with Crippen molar-refractivity contribution in [3.8, 4) is 0 Å². The van der Waals surface area contributed by atoms with Gasteiger partial charge < -0.3 is 0 Å². The van der Waals surface area contributed by atoms with Gasteiger partial charge in [0, 0.05) is 16.1 Å². The first kappa shape index (κ1) is 11.2. The van der Waals surface area contributed by atoms with E-state index in [0.29, 0.717) is 11.2 Å². The van der Waals surface area contributed by atoms with Gasteiger partial charge in [-0.1, -0.05) is 57.2 Å². The molecular weight excluding hydrogens is 224 g/mol. The van der Waals surface area contributed by atoms with Crippen molar-refractivity contribution in [2.75, 3.05) is 0 Å². The monoisotopic (exact) mass is 242 g/mol. The molecule has 0 amide bonds. The molecule has 3 rings (SSSR count). The van der Waals surface area contributed by atoms with Gasteiger partial charge in [-0.05, 0) is 22.6 Å². The summed E-state index contributed by atoms with van der Waals surface area (Å²) in [7, 11) is 0. The van der Waals surface area contributed by atoms with Crippen LogP contribution >= 0.6 is 11.8 Å². The number of hydrogen-bond donors (Lipinski definition) is 0. The van der Waals surface area contributed by atoms with Gasteiger partial charge in [0.1, 0.15) is 0 Å². The third-order valence-electron chi connectivity index (χ3n) is 3.59. The summed E-state index contributed by atoms with van der Waals surface area (Å²) < 4.78 is 0. The quantitative estimate of drug-likeness (QED) is 0.637. The summed E-state index contributed by atoms with van der Waals surface area (Å²) in [6.45, 7) is 6.84. The standard InChI is InChI=1S/C16H18S/c1-16(2,3)11-8-9-13-12-6-4-5-7-14(12)17-15(13)10-11/h4-10,12,14H,1-3H3. The minimum Gasteiger partial charge on any atom is -0.117 e. The largest absolute Gasteiger partial charge is 0.117 e. The lowest BCUT2D eigenvalue weighted by molar-refractivity contribution is 0.588. The molecular formula is C16H18S.